The molecule has 0 radical (unpaired) electrons. The largest absolute Gasteiger partial charge is 0.444 e. The number of hydrogen-bond donors (Lipinski definition) is 1. The van der Waals surface area contributed by atoms with E-state index >= 15 is 0 Å². The van der Waals surface area contributed by atoms with Gasteiger partial charge >= 0.3 is 6.09 Å². The van der Waals surface area contributed by atoms with E-state index in [1.807, 2.05) is 25.7 Å². The number of rotatable bonds is 4. The molecule has 29 heavy (non-hydrogen) atoms. The van der Waals surface area contributed by atoms with Crippen LogP contribution in [-0.4, -0.2) is 74.9 Å². The van der Waals surface area contributed by atoms with Crippen molar-refractivity contribution in [2.75, 3.05) is 38.0 Å². The summed E-state index contributed by atoms with van der Waals surface area (Å²) in [6, 6.07) is 5.17. The second-order valence-electron chi connectivity index (χ2n) is 7.79. The zero-order valence-corrected chi connectivity index (χ0v) is 17.5. The van der Waals surface area contributed by atoms with Crippen LogP contribution in [0.25, 0.3) is 5.69 Å². The molecule has 1 aliphatic rings. The third kappa shape index (κ3) is 5.91. The van der Waals surface area contributed by atoms with E-state index in [2.05, 4.69) is 15.4 Å². The Labute approximate surface area is 174 Å². The summed E-state index contributed by atoms with van der Waals surface area (Å²) < 4.78 is 6.96. The highest BCUT2D eigenvalue weighted by molar-refractivity contribution is 6.31. The molecule has 156 valence electrons. The number of ether oxygens (including phenoxy) is 1. The zero-order valence-electron chi connectivity index (χ0n) is 16.8. The van der Waals surface area contributed by atoms with Gasteiger partial charge in [0.05, 0.1) is 17.9 Å². The maximum Gasteiger partial charge on any atom is 0.410 e. The third-order valence-corrected chi connectivity index (χ3v) is 4.52. The summed E-state index contributed by atoms with van der Waals surface area (Å²) in [6.45, 7) is 7.97. The zero-order chi connectivity index (χ0) is 21.0. The number of nitrogens with zero attached hydrogens (tertiary/aromatic N) is 5. The van der Waals surface area contributed by atoms with Crippen LogP contribution < -0.4 is 5.32 Å². The van der Waals surface area contributed by atoms with E-state index in [0.29, 0.717) is 42.6 Å². The Morgan fingerprint density at radius 2 is 1.93 bits per heavy atom. The molecule has 1 N–H and O–H groups in total. The van der Waals surface area contributed by atoms with Crippen LogP contribution in [0.1, 0.15) is 20.8 Å². The molecule has 0 unspecified atom stereocenters. The number of benzene rings is 1. The highest BCUT2D eigenvalue weighted by atomic mass is 35.5. The van der Waals surface area contributed by atoms with Gasteiger partial charge in [0.1, 0.15) is 18.3 Å². The quantitative estimate of drug-likeness (QED) is 0.816. The fraction of sp³-hybridized carbons (Fsp3) is 0.474. The maximum absolute atomic E-state index is 12.6. The lowest BCUT2D eigenvalue weighted by Gasteiger charge is -2.35. The first-order valence-corrected chi connectivity index (χ1v) is 9.74. The van der Waals surface area contributed by atoms with E-state index in [0.717, 1.165) is 0 Å². The molecule has 1 fully saturated rings. The minimum atomic E-state index is -0.521. The number of halogens is 1. The van der Waals surface area contributed by atoms with Crippen molar-refractivity contribution in [3.8, 4) is 5.69 Å². The van der Waals surface area contributed by atoms with E-state index in [-0.39, 0.29) is 18.5 Å². The van der Waals surface area contributed by atoms with E-state index in [1.165, 1.54) is 6.33 Å². The van der Waals surface area contributed by atoms with Crippen molar-refractivity contribution >= 4 is 29.3 Å². The van der Waals surface area contributed by atoms with Gasteiger partial charge in [0.2, 0.25) is 5.91 Å². The van der Waals surface area contributed by atoms with Crippen LogP contribution in [0, 0.1) is 0 Å². The van der Waals surface area contributed by atoms with Crippen LogP contribution in [-0.2, 0) is 9.53 Å². The summed E-state index contributed by atoms with van der Waals surface area (Å²) in [6.07, 6.45) is 2.65. The molecule has 2 amide bonds. The van der Waals surface area contributed by atoms with Gasteiger partial charge in [-0.2, -0.15) is 5.10 Å². The van der Waals surface area contributed by atoms with Gasteiger partial charge in [-0.15, -0.1) is 0 Å². The number of amides is 2. The number of piperazine rings is 1. The van der Waals surface area contributed by atoms with Gasteiger partial charge in [-0.05, 0) is 39.0 Å². The molecule has 0 saturated carbocycles. The fourth-order valence-corrected chi connectivity index (χ4v) is 3.12. The normalized spacial score (nSPS) is 15.2. The van der Waals surface area contributed by atoms with E-state index in [1.54, 1.807) is 34.1 Å². The molecule has 3 rings (SSSR count). The second kappa shape index (κ2) is 8.79. The molecule has 10 heteroatoms. The molecule has 1 aromatic carbocycles. The van der Waals surface area contributed by atoms with Crippen molar-refractivity contribution in [3.63, 3.8) is 0 Å². The topological polar surface area (TPSA) is 92.6 Å². The second-order valence-corrected chi connectivity index (χ2v) is 8.23. The molecule has 0 spiro atoms. The smallest absolute Gasteiger partial charge is 0.410 e. The Balaban J connectivity index is 1.55. The fourth-order valence-electron chi connectivity index (χ4n) is 2.95. The van der Waals surface area contributed by atoms with Crippen molar-refractivity contribution in [2.45, 2.75) is 26.4 Å². The van der Waals surface area contributed by atoms with Gasteiger partial charge in [-0.1, -0.05) is 11.6 Å². The average molecular weight is 421 g/mol. The molecule has 0 atom stereocenters. The Bertz CT molecular complexity index is 857. The third-order valence-electron chi connectivity index (χ3n) is 4.29. The molecule has 9 nitrogen and oxygen atoms in total. The van der Waals surface area contributed by atoms with Crippen LogP contribution in [0.5, 0.6) is 0 Å². The van der Waals surface area contributed by atoms with Gasteiger partial charge in [0, 0.05) is 31.2 Å². The first-order chi connectivity index (χ1) is 13.7. The Morgan fingerprint density at radius 3 is 2.55 bits per heavy atom. The minimum Gasteiger partial charge on any atom is -0.444 e. The Kier molecular flexibility index (Phi) is 6.39. The van der Waals surface area contributed by atoms with Crippen LogP contribution >= 0.6 is 11.6 Å². The monoisotopic (exact) mass is 420 g/mol. The van der Waals surface area contributed by atoms with Crippen LogP contribution in [0.15, 0.2) is 30.9 Å². The summed E-state index contributed by atoms with van der Waals surface area (Å²) in [5.74, 6) is -0.167. The SMILES string of the molecule is CC(C)(C)OC(=O)N1CCN(CC(=O)Nc2cc(Cl)ccc2-n2cncn2)CC1. The van der Waals surface area contributed by atoms with Crippen molar-refractivity contribution in [3.05, 3.63) is 35.9 Å². The van der Waals surface area contributed by atoms with Gasteiger partial charge in [0.15, 0.2) is 0 Å². The summed E-state index contributed by atoms with van der Waals surface area (Å²) in [5, 5.41) is 7.50. The molecular weight excluding hydrogens is 396 g/mol. The molecule has 0 aliphatic carbocycles. The Hall–Kier alpha value is -2.65. The first-order valence-electron chi connectivity index (χ1n) is 9.36. The van der Waals surface area contributed by atoms with E-state index < -0.39 is 5.60 Å². The Morgan fingerprint density at radius 1 is 1.21 bits per heavy atom. The molecule has 1 aromatic heterocycles. The van der Waals surface area contributed by atoms with Crippen molar-refractivity contribution in [2.24, 2.45) is 0 Å². The lowest BCUT2D eigenvalue weighted by Crippen LogP contribution is -2.51. The molecule has 1 aliphatic heterocycles. The lowest BCUT2D eigenvalue weighted by atomic mass is 10.2. The van der Waals surface area contributed by atoms with Gasteiger partial charge in [-0.25, -0.2) is 14.5 Å². The summed E-state index contributed by atoms with van der Waals surface area (Å²) >= 11 is 6.09. The van der Waals surface area contributed by atoms with Crippen molar-refractivity contribution in [1.29, 1.82) is 0 Å². The molecule has 2 aromatic rings. The van der Waals surface area contributed by atoms with Gasteiger partial charge in [-0.3, -0.25) is 9.69 Å². The van der Waals surface area contributed by atoms with Crippen molar-refractivity contribution in [1.82, 2.24) is 24.6 Å². The predicted molar refractivity (Wildman–Crippen MR) is 109 cm³/mol. The number of nitrogens with one attached hydrogen (secondary N) is 1. The molecule has 0 bridgehead atoms. The summed E-state index contributed by atoms with van der Waals surface area (Å²) in [7, 11) is 0. The standard InChI is InChI=1S/C19H25ClN6O3/c1-19(2,3)29-18(28)25-8-6-24(7-9-25)11-17(27)23-15-10-14(20)4-5-16(15)26-13-21-12-22-26/h4-5,10,12-13H,6-9,11H2,1-3H3,(H,23,27). The van der Waals surface area contributed by atoms with Crippen LogP contribution in [0.2, 0.25) is 5.02 Å². The summed E-state index contributed by atoms with van der Waals surface area (Å²) in [4.78, 5) is 32.3. The van der Waals surface area contributed by atoms with E-state index in [4.69, 9.17) is 16.3 Å². The summed E-state index contributed by atoms with van der Waals surface area (Å²) in [5.41, 5.74) is 0.711. The molecule has 1 saturated heterocycles. The van der Waals surface area contributed by atoms with Crippen LogP contribution in [0.3, 0.4) is 0 Å². The maximum atomic E-state index is 12.6. The van der Waals surface area contributed by atoms with Crippen molar-refractivity contribution < 1.29 is 14.3 Å². The highest BCUT2D eigenvalue weighted by Gasteiger charge is 2.26. The van der Waals surface area contributed by atoms with Gasteiger partial charge < -0.3 is 15.0 Å². The van der Waals surface area contributed by atoms with Gasteiger partial charge in [0.25, 0.3) is 0 Å². The number of carbonyl (C=O) groups excluding carboxylic acids is 2. The number of aromatic nitrogens is 3. The molecule has 2 heterocycles. The minimum absolute atomic E-state index is 0.167. The lowest BCUT2D eigenvalue weighted by molar-refractivity contribution is -0.117. The highest BCUT2D eigenvalue weighted by Crippen LogP contribution is 2.24. The van der Waals surface area contributed by atoms with Crippen LogP contribution in [0.4, 0.5) is 10.5 Å². The molecular formula is C19H25ClN6O3. The van der Waals surface area contributed by atoms with E-state index in [9.17, 15) is 9.59 Å². The number of carbonyl (C=O) groups is 2. The first kappa shape index (κ1) is 21.1. The average Bonchev–Trinajstić information content (AvgIpc) is 3.15. The number of anilines is 1. The predicted octanol–water partition coefficient (Wildman–Crippen LogP) is 2.41. The number of hydrogen-bond acceptors (Lipinski definition) is 6.